The number of hydrogen-bond donors (Lipinski definition) is 1. The van der Waals surface area contributed by atoms with Crippen LogP contribution in [-0.2, 0) is 17.9 Å². The van der Waals surface area contributed by atoms with Gasteiger partial charge in [-0.3, -0.25) is 14.2 Å². The predicted octanol–water partition coefficient (Wildman–Crippen LogP) is 3.62. The molecule has 0 spiro atoms. The number of aryl methyl sites for hydroxylation is 1. The molecule has 0 bridgehead atoms. The van der Waals surface area contributed by atoms with Crippen molar-refractivity contribution in [3.8, 4) is 0 Å². The zero-order valence-electron chi connectivity index (χ0n) is 13.4. The summed E-state index contributed by atoms with van der Waals surface area (Å²) in [6, 6.07) is 0. The van der Waals surface area contributed by atoms with E-state index in [-0.39, 0.29) is 24.1 Å². The van der Waals surface area contributed by atoms with Crippen LogP contribution in [0.2, 0.25) is 0 Å². The van der Waals surface area contributed by atoms with Gasteiger partial charge in [0.15, 0.2) is 0 Å². The van der Waals surface area contributed by atoms with Gasteiger partial charge < -0.3 is 5.32 Å². The average Bonchev–Trinajstić information content (AvgIpc) is 3.22. The number of alkyl halides is 2. The second-order valence-corrected chi connectivity index (χ2v) is 6.62. The highest BCUT2D eigenvalue weighted by atomic mass is 79.9. The first-order valence-electron chi connectivity index (χ1n) is 7.78. The van der Waals surface area contributed by atoms with E-state index < -0.39 is 6.43 Å². The topological polar surface area (TPSA) is 64.7 Å². The van der Waals surface area contributed by atoms with Crippen LogP contribution in [0, 0.1) is 6.92 Å². The Hall–Kier alpha value is -1.77. The van der Waals surface area contributed by atoms with Crippen molar-refractivity contribution < 1.29 is 13.6 Å². The Morgan fingerprint density at radius 3 is 2.71 bits per heavy atom. The van der Waals surface area contributed by atoms with E-state index in [1.807, 2.05) is 13.8 Å². The molecule has 1 fully saturated rings. The van der Waals surface area contributed by atoms with Gasteiger partial charge in [-0.2, -0.15) is 10.2 Å². The molecule has 1 saturated carbocycles. The zero-order chi connectivity index (χ0) is 17.4. The van der Waals surface area contributed by atoms with Crippen LogP contribution < -0.4 is 5.32 Å². The molecule has 1 amide bonds. The van der Waals surface area contributed by atoms with Crippen LogP contribution in [-0.4, -0.2) is 25.5 Å². The van der Waals surface area contributed by atoms with Gasteiger partial charge in [0.1, 0.15) is 12.2 Å². The molecule has 1 aliphatic rings. The molecule has 24 heavy (non-hydrogen) atoms. The Morgan fingerprint density at radius 1 is 1.46 bits per heavy atom. The van der Waals surface area contributed by atoms with Crippen molar-refractivity contribution in [2.45, 2.75) is 52.1 Å². The maximum Gasteiger partial charge on any atom is 0.283 e. The first-order valence-corrected chi connectivity index (χ1v) is 8.58. The summed E-state index contributed by atoms with van der Waals surface area (Å²) in [5.74, 6) is -0.122. The van der Waals surface area contributed by atoms with Gasteiger partial charge in [-0.05, 0) is 42.6 Å². The third-order valence-corrected chi connectivity index (χ3v) is 4.91. The van der Waals surface area contributed by atoms with E-state index in [1.54, 1.807) is 10.9 Å². The maximum absolute atomic E-state index is 13.1. The summed E-state index contributed by atoms with van der Waals surface area (Å²) < 4.78 is 29.6. The second-order valence-electron chi connectivity index (χ2n) is 5.82. The molecule has 2 aromatic rings. The molecule has 0 aliphatic heterocycles. The first-order chi connectivity index (χ1) is 11.4. The van der Waals surface area contributed by atoms with E-state index >= 15 is 0 Å². The van der Waals surface area contributed by atoms with Gasteiger partial charge in [0.25, 0.3) is 6.43 Å². The summed E-state index contributed by atoms with van der Waals surface area (Å²) in [7, 11) is 0. The standard InChI is InChI=1S/C15H18BrF2N5O/c1-3-22-8(2)10(6-19-22)20-11(24)7-23-14(9-4-5-9)12(16)13(21-23)15(17)18/h6,9,15H,3-5,7H2,1-2H3,(H,20,24). The quantitative estimate of drug-likeness (QED) is 0.803. The zero-order valence-corrected chi connectivity index (χ0v) is 15.0. The van der Waals surface area contributed by atoms with Gasteiger partial charge in [-0.15, -0.1) is 0 Å². The average molecular weight is 402 g/mol. The molecule has 1 N–H and O–H groups in total. The van der Waals surface area contributed by atoms with Crippen molar-refractivity contribution in [3.63, 3.8) is 0 Å². The highest BCUT2D eigenvalue weighted by Gasteiger charge is 2.34. The number of carbonyl (C=O) groups is 1. The van der Waals surface area contributed by atoms with Crippen LogP contribution in [0.3, 0.4) is 0 Å². The minimum absolute atomic E-state index is 0.103. The van der Waals surface area contributed by atoms with Crippen LogP contribution in [0.25, 0.3) is 0 Å². The first kappa shape index (κ1) is 17.1. The Morgan fingerprint density at radius 2 is 2.17 bits per heavy atom. The summed E-state index contributed by atoms with van der Waals surface area (Å²) in [6.45, 7) is 4.42. The Labute approximate surface area is 146 Å². The van der Waals surface area contributed by atoms with Crippen molar-refractivity contribution in [2.75, 3.05) is 5.32 Å². The van der Waals surface area contributed by atoms with E-state index in [4.69, 9.17) is 0 Å². The van der Waals surface area contributed by atoms with Crippen molar-refractivity contribution in [1.82, 2.24) is 19.6 Å². The fourth-order valence-corrected chi connectivity index (χ4v) is 3.47. The van der Waals surface area contributed by atoms with E-state index in [2.05, 4.69) is 31.4 Å². The number of rotatable bonds is 6. The maximum atomic E-state index is 13.1. The van der Waals surface area contributed by atoms with Crippen LogP contribution in [0.1, 0.15) is 49.2 Å². The van der Waals surface area contributed by atoms with Gasteiger partial charge >= 0.3 is 0 Å². The van der Waals surface area contributed by atoms with E-state index in [9.17, 15) is 13.6 Å². The van der Waals surface area contributed by atoms with Crippen LogP contribution in [0.5, 0.6) is 0 Å². The predicted molar refractivity (Wildman–Crippen MR) is 88.1 cm³/mol. The Balaban J connectivity index is 1.79. The third kappa shape index (κ3) is 3.22. The molecule has 9 heteroatoms. The minimum Gasteiger partial charge on any atom is -0.322 e. The summed E-state index contributed by atoms with van der Waals surface area (Å²) in [5, 5.41) is 10.9. The summed E-state index contributed by atoms with van der Waals surface area (Å²) >= 11 is 3.22. The molecule has 130 valence electrons. The van der Waals surface area contributed by atoms with Gasteiger partial charge in [-0.25, -0.2) is 8.78 Å². The molecule has 0 saturated heterocycles. The number of hydrogen-bond acceptors (Lipinski definition) is 3. The molecule has 0 radical (unpaired) electrons. The number of halogens is 3. The number of carbonyl (C=O) groups excluding carboxylic acids is 1. The summed E-state index contributed by atoms with van der Waals surface area (Å²) in [4.78, 5) is 12.3. The number of amides is 1. The van der Waals surface area contributed by atoms with Gasteiger partial charge in [0.05, 0.1) is 27.7 Å². The minimum atomic E-state index is -2.67. The molecule has 2 heterocycles. The van der Waals surface area contributed by atoms with E-state index in [1.165, 1.54) is 4.68 Å². The highest BCUT2D eigenvalue weighted by molar-refractivity contribution is 9.10. The van der Waals surface area contributed by atoms with Crippen molar-refractivity contribution in [3.05, 3.63) is 27.8 Å². The summed E-state index contributed by atoms with van der Waals surface area (Å²) in [6.07, 6.45) is 0.766. The van der Waals surface area contributed by atoms with Crippen molar-refractivity contribution >= 4 is 27.5 Å². The lowest BCUT2D eigenvalue weighted by atomic mass is 10.2. The molecule has 1 aliphatic carbocycles. The molecule has 0 unspecified atom stereocenters. The Kier molecular flexibility index (Phi) is 4.71. The van der Waals surface area contributed by atoms with Crippen molar-refractivity contribution in [2.24, 2.45) is 0 Å². The smallest absolute Gasteiger partial charge is 0.283 e. The van der Waals surface area contributed by atoms with Gasteiger partial charge in [-0.1, -0.05) is 0 Å². The molecular formula is C15H18BrF2N5O. The number of aromatic nitrogens is 4. The monoisotopic (exact) mass is 401 g/mol. The normalized spacial score (nSPS) is 14.4. The van der Waals surface area contributed by atoms with Gasteiger partial charge in [0, 0.05) is 12.5 Å². The molecule has 0 aromatic carbocycles. The number of nitrogens with one attached hydrogen (secondary N) is 1. The Bertz CT molecular complexity index is 766. The SMILES string of the molecule is CCn1ncc(NC(=O)Cn2nc(C(F)F)c(Br)c2C2CC2)c1C. The van der Waals surface area contributed by atoms with E-state index in [0.717, 1.165) is 18.5 Å². The third-order valence-electron chi connectivity index (χ3n) is 4.10. The van der Waals surface area contributed by atoms with Crippen molar-refractivity contribution in [1.29, 1.82) is 0 Å². The molecule has 6 nitrogen and oxygen atoms in total. The van der Waals surface area contributed by atoms with Crippen LogP contribution >= 0.6 is 15.9 Å². The largest absolute Gasteiger partial charge is 0.322 e. The second kappa shape index (κ2) is 6.62. The lowest BCUT2D eigenvalue weighted by Crippen LogP contribution is -2.21. The fourth-order valence-electron chi connectivity index (χ4n) is 2.69. The fraction of sp³-hybridized carbons (Fsp3) is 0.533. The molecular weight excluding hydrogens is 384 g/mol. The van der Waals surface area contributed by atoms with E-state index in [0.29, 0.717) is 22.4 Å². The lowest BCUT2D eigenvalue weighted by molar-refractivity contribution is -0.117. The number of anilines is 1. The molecule has 2 aromatic heterocycles. The molecule has 3 rings (SSSR count). The van der Waals surface area contributed by atoms with Crippen LogP contribution in [0.4, 0.5) is 14.5 Å². The van der Waals surface area contributed by atoms with Gasteiger partial charge in [0.2, 0.25) is 5.91 Å². The lowest BCUT2D eigenvalue weighted by Gasteiger charge is -2.08. The van der Waals surface area contributed by atoms with Crippen LogP contribution in [0.15, 0.2) is 10.7 Å². The number of nitrogens with zero attached hydrogens (tertiary/aromatic N) is 4. The summed E-state index contributed by atoms with van der Waals surface area (Å²) in [5.41, 5.74) is 1.85. The highest BCUT2D eigenvalue weighted by Crippen LogP contribution is 2.45. The molecule has 0 atom stereocenters.